The highest BCUT2D eigenvalue weighted by Crippen LogP contribution is 2.28. The van der Waals surface area contributed by atoms with E-state index in [0.29, 0.717) is 25.7 Å². The Balaban J connectivity index is 1.51. The van der Waals surface area contributed by atoms with Crippen molar-refractivity contribution in [2.75, 3.05) is 32.8 Å². The number of amides is 2. The number of ether oxygens (including phenoxy) is 1. The SMILES string of the molecule is O=C(O)CC1CN(C(=O)NC2CCN3CCCC23)CCO1. The number of carbonyl (C=O) groups is 2. The first-order chi connectivity index (χ1) is 10.1. The minimum absolute atomic E-state index is 0.0520. The Bertz CT molecular complexity index is 417. The molecule has 0 saturated carbocycles. The van der Waals surface area contributed by atoms with E-state index >= 15 is 0 Å². The molecule has 0 spiro atoms. The summed E-state index contributed by atoms with van der Waals surface area (Å²) in [5.74, 6) is -0.889. The van der Waals surface area contributed by atoms with E-state index in [-0.39, 0.29) is 18.5 Å². The zero-order valence-electron chi connectivity index (χ0n) is 12.2. The number of morpholine rings is 1. The zero-order valence-corrected chi connectivity index (χ0v) is 12.2. The maximum atomic E-state index is 12.4. The third-order valence-electron chi connectivity index (χ3n) is 4.74. The average molecular weight is 297 g/mol. The van der Waals surface area contributed by atoms with Crippen molar-refractivity contribution in [3.8, 4) is 0 Å². The molecule has 118 valence electrons. The van der Waals surface area contributed by atoms with Gasteiger partial charge in [0, 0.05) is 31.7 Å². The van der Waals surface area contributed by atoms with E-state index in [1.54, 1.807) is 4.90 Å². The number of hydrogen-bond donors (Lipinski definition) is 2. The van der Waals surface area contributed by atoms with Gasteiger partial charge in [0.15, 0.2) is 0 Å². The molecule has 7 heteroatoms. The van der Waals surface area contributed by atoms with Crippen LogP contribution in [0.15, 0.2) is 0 Å². The summed E-state index contributed by atoms with van der Waals surface area (Å²) in [5.41, 5.74) is 0. The number of nitrogens with zero attached hydrogens (tertiary/aromatic N) is 2. The highest BCUT2D eigenvalue weighted by molar-refractivity contribution is 5.75. The minimum atomic E-state index is -0.889. The Hall–Kier alpha value is -1.34. The van der Waals surface area contributed by atoms with Crippen LogP contribution >= 0.6 is 0 Å². The lowest BCUT2D eigenvalue weighted by Crippen LogP contribution is -2.53. The fourth-order valence-electron chi connectivity index (χ4n) is 3.72. The van der Waals surface area contributed by atoms with Crippen LogP contribution in [-0.2, 0) is 9.53 Å². The number of urea groups is 1. The summed E-state index contributed by atoms with van der Waals surface area (Å²) in [6.07, 6.45) is 2.95. The molecule has 0 aromatic carbocycles. The van der Waals surface area contributed by atoms with Gasteiger partial charge in [-0.1, -0.05) is 0 Å². The molecule has 0 aromatic rings. The standard InChI is InChI=1S/C14H23N3O4/c18-13(19)8-10-9-17(6-7-21-10)14(20)15-11-3-5-16-4-1-2-12(11)16/h10-12H,1-9H2,(H,15,20)(H,18,19). The smallest absolute Gasteiger partial charge is 0.317 e. The van der Waals surface area contributed by atoms with Gasteiger partial charge >= 0.3 is 12.0 Å². The Kier molecular flexibility index (Phi) is 4.30. The van der Waals surface area contributed by atoms with Crippen LogP contribution in [-0.4, -0.2) is 77.9 Å². The zero-order chi connectivity index (χ0) is 14.8. The summed E-state index contributed by atoms with van der Waals surface area (Å²) in [4.78, 5) is 27.3. The first-order valence-electron chi connectivity index (χ1n) is 7.76. The lowest BCUT2D eigenvalue weighted by molar-refractivity contribution is -0.141. The monoisotopic (exact) mass is 297 g/mol. The number of carboxylic acid groups (broad SMARTS) is 1. The highest BCUT2D eigenvalue weighted by atomic mass is 16.5. The number of rotatable bonds is 3. The van der Waals surface area contributed by atoms with Crippen LogP contribution in [0.1, 0.15) is 25.7 Å². The summed E-state index contributed by atoms with van der Waals surface area (Å²) in [6, 6.07) is 0.651. The Labute approximate surface area is 124 Å². The van der Waals surface area contributed by atoms with Crippen molar-refractivity contribution >= 4 is 12.0 Å². The van der Waals surface area contributed by atoms with Crippen molar-refractivity contribution in [2.24, 2.45) is 0 Å². The van der Waals surface area contributed by atoms with Gasteiger partial charge in [-0.05, 0) is 25.8 Å². The molecule has 3 saturated heterocycles. The maximum Gasteiger partial charge on any atom is 0.317 e. The van der Waals surface area contributed by atoms with Crippen LogP contribution in [0.4, 0.5) is 4.79 Å². The van der Waals surface area contributed by atoms with Crippen molar-refractivity contribution < 1.29 is 19.4 Å². The molecule has 2 amide bonds. The van der Waals surface area contributed by atoms with E-state index < -0.39 is 12.1 Å². The Morgan fingerprint density at radius 3 is 2.90 bits per heavy atom. The second-order valence-corrected chi connectivity index (χ2v) is 6.13. The number of carboxylic acids is 1. The van der Waals surface area contributed by atoms with Crippen molar-refractivity contribution in [3.63, 3.8) is 0 Å². The second-order valence-electron chi connectivity index (χ2n) is 6.13. The minimum Gasteiger partial charge on any atom is -0.481 e. The predicted octanol–water partition coefficient (Wildman–Crippen LogP) is 0.108. The van der Waals surface area contributed by atoms with Gasteiger partial charge in [0.05, 0.1) is 19.1 Å². The molecule has 21 heavy (non-hydrogen) atoms. The number of nitrogens with one attached hydrogen (secondary N) is 1. The summed E-state index contributed by atoms with van der Waals surface area (Å²) in [5, 5.41) is 12.0. The molecule has 3 fully saturated rings. The third kappa shape index (κ3) is 3.29. The molecule has 3 atom stereocenters. The maximum absolute atomic E-state index is 12.4. The van der Waals surface area contributed by atoms with Crippen molar-refractivity contribution in [1.29, 1.82) is 0 Å². The fraction of sp³-hybridized carbons (Fsp3) is 0.857. The van der Waals surface area contributed by atoms with Gasteiger partial charge in [-0.25, -0.2) is 4.79 Å². The molecule has 0 aromatic heterocycles. The summed E-state index contributed by atoms with van der Waals surface area (Å²) in [6.45, 7) is 3.52. The van der Waals surface area contributed by atoms with Gasteiger partial charge in [0.25, 0.3) is 0 Å². The highest BCUT2D eigenvalue weighted by Gasteiger charge is 2.38. The average Bonchev–Trinajstić information content (AvgIpc) is 3.03. The van der Waals surface area contributed by atoms with Crippen LogP contribution in [0.2, 0.25) is 0 Å². The lowest BCUT2D eigenvalue weighted by atomic mass is 10.1. The lowest BCUT2D eigenvalue weighted by Gasteiger charge is -2.33. The van der Waals surface area contributed by atoms with Gasteiger partial charge in [0.1, 0.15) is 0 Å². The van der Waals surface area contributed by atoms with Crippen LogP contribution in [0, 0.1) is 0 Å². The Morgan fingerprint density at radius 1 is 1.24 bits per heavy atom. The number of fused-ring (bicyclic) bond motifs is 1. The van der Waals surface area contributed by atoms with E-state index in [1.807, 2.05) is 0 Å². The molecule has 7 nitrogen and oxygen atoms in total. The topological polar surface area (TPSA) is 82.1 Å². The molecule has 0 radical (unpaired) electrons. The Morgan fingerprint density at radius 2 is 2.10 bits per heavy atom. The van der Waals surface area contributed by atoms with Gasteiger partial charge in [-0.15, -0.1) is 0 Å². The summed E-state index contributed by atoms with van der Waals surface area (Å²) in [7, 11) is 0. The molecular formula is C14H23N3O4. The van der Waals surface area contributed by atoms with E-state index in [0.717, 1.165) is 25.9 Å². The number of carbonyl (C=O) groups excluding carboxylic acids is 1. The number of aliphatic carboxylic acids is 1. The fourth-order valence-corrected chi connectivity index (χ4v) is 3.72. The third-order valence-corrected chi connectivity index (χ3v) is 4.74. The number of hydrogen-bond acceptors (Lipinski definition) is 4. The van der Waals surface area contributed by atoms with Crippen LogP contribution in [0.5, 0.6) is 0 Å². The first-order valence-corrected chi connectivity index (χ1v) is 7.76. The normalized spacial score (nSPS) is 33.0. The summed E-state index contributed by atoms with van der Waals surface area (Å²) >= 11 is 0. The molecule has 2 N–H and O–H groups in total. The van der Waals surface area contributed by atoms with Gasteiger partial charge in [0.2, 0.25) is 0 Å². The van der Waals surface area contributed by atoms with Crippen molar-refractivity contribution in [3.05, 3.63) is 0 Å². The second kappa shape index (κ2) is 6.19. The predicted molar refractivity (Wildman–Crippen MR) is 75.1 cm³/mol. The largest absolute Gasteiger partial charge is 0.481 e. The molecule has 0 aliphatic carbocycles. The first kappa shape index (κ1) is 14.6. The molecule has 3 aliphatic heterocycles. The molecule has 0 bridgehead atoms. The van der Waals surface area contributed by atoms with E-state index in [2.05, 4.69) is 10.2 Å². The van der Waals surface area contributed by atoms with Gasteiger partial charge in [-0.3, -0.25) is 9.69 Å². The van der Waals surface area contributed by atoms with Gasteiger partial charge < -0.3 is 20.1 Å². The van der Waals surface area contributed by atoms with Crippen LogP contribution in [0.25, 0.3) is 0 Å². The quantitative estimate of drug-likeness (QED) is 0.772. The molecule has 3 unspecified atom stereocenters. The van der Waals surface area contributed by atoms with Gasteiger partial charge in [-0.2, -0.15) is 0 Å². The van der Waals surface area contributed by atoms with Crippen LogP contribution in [0.3, 0.4) is 0 Å². The van der Waals surface area contributed by atoms with E-state index in [1.165, 1.54) is 6.42 Å². The van der Waals surface area contributed by atoms with Crippen molar-refractivity contribution in [1.82, 2.24) is 15.1 Å². The van der Waals surface area contributed by atoms with E-state index in [9.17, 15) is 9.59 Å². The van der Waals surface area contributed by atoms with Crippen molar-refractivity contribution in [2.45, 2.75) is 43.9 Å². The molecule has 3 heterocycles. The van der Waals surface area contributed by atoms with E-state index in [4.69, 9.17) is 9.84 Å². The van der Waals surface area contributed by atoms with Crippen LogP contribution < -0.4 is 5.32 Å². The molecular weight excluding hydrogens is 274 g/mol. The molecule has 3 aliphatic rings. The molecule has 3 rings (SSSR count). The summed E-state index contributed by atoms with van der Waals surface area (Å²) < 4.78 is 5.40.